The van der Waals surface area contributed by atoms with Gasteiger partial charge in [-0.1, -0.05) is 42.5 Å². The van der Waals surface area contributed by atoms with Crippen LogP contribution in [0.3, 0.4) is 0 Å². The maximum Gasteiger partial charge on any atom is 0.129 e. The molecule has 0 fully saturated rings. The predicted octanol–water partition coefficient (Wildman–Crippen LogP) is 2.97. The molecule has 1 aromatic carbocycles. The summed E-state index contributed by atoms with van der Waals surface area (Å²) in [5.74, 6) is 0.809. The molecule has 0 aliphatic rings. The molecule has 0 atom stereocenters. The van der Waals surface area contributed by atoms with Gasteiger partial charge in [-0.05, 0) is 11.6 Å². The van der Waals surface area contributed by atoms with Gasteiger partial charge in [0.15, 0.2) is 0 Å². The molecule has 0 aliphatic heterocycles. The Morgan fingerprint density at radius 1 is 1.22 bits per heavy atom. The largest absolute Gasteiger partial charge is 0.467 e. The van der Waals surface area contributed by atoms with E-state index in [4.69, 9.17) is 14.9 Å². The highest BCUT2D eigenvalue weighted by Gasteiger charge is 1.99. The summed E-state index contributed by atoms with van der Waals surface area (Å²) in [6.07, 6.45) is 5.69. The van der Waals surface area contributed by atoms with Gasteiger partial charge in [0, 0.05) is 12.1 Å². The van der Waals surface area contributed by atoms with Crippen LogP contribution in [0.2, 0.25) is 0 Å². The quantitative estimate of drug-likeness (QED) is 0.793. The average molecular weight is 243 g/mol. The van der Waals surface area contributed by atoms with E-state index in [9.17, 15) is 0 Å². The van der Waals surface area contributed by atoms with Gasteiger partial charge in [0.1, 0.15) is 12.4 Å². The number of hydrogen-bond donors (Lipinski definition) is 1. The van der Waals surface area contributed by atoms with Crippen LogP contribution in [0.25, 0.3) is 6.08 Å². The first kappa shape index (κ1) is 12.6. The van der Waals surface area contributed by atoms with Crippen molar-refractivity contribution in [2.45, 2.75) is 13.2 Å². The number of hydrogen-bond acceptors (Lipinski definition) is 3. The number of ether oxygens (including phenoxy) is 1. The Balaban J connectivity index is 1.71. The molecule has 1 heterocycles. The maximum absolute atomic E-state index is 5.49. The third-order valence-electron chi connectivity index (χ3n) is 2.51. The van der Waals surface area contributed by atoms with Crippen molar-refractivity contribution in [2.24, 2.45) is 5.73 Å². The fourth-order valence-electron chi connectivity index (χ4n) is 1.58. The monoisotopic (exact) mass is 243 g/mol. The van der Waals surface area contributed by atoms with Gasteiger partial charge >= 0.3 is 0 Å². The van der Waals surface area contributed by atoms with Crippen LogP contribution in [-0.2, 0) is 17.9 Å². The van der Waals surface area contributed by atoms with E-state index in [-0.39, 0.29) is 0 Å². The van der Waals surface area contributed by atoms with Gasteiger partial charge in [0.25, 0.3) is 0 Å². The summed E-state index contributed by atoms with van der Waals surface area (Å²) >= 11 is 0. The zero-order valence-electron chi connectivity index (χ0n) is 10.2. The molecule has 0 radical (unpaired) electrons. The molecular formula is C15H17NO2. The van der Waals surface area contributed by atoms with Crippen molar-refractivity contribution in [3.05, 3.63) is 65.6 Å². The summed E-state index contributed by atoms with van der Waals surface area (Å²) < 4.78 is 10.8. The van der Waals surface area contributed by atoms with Crippen LogP contribution in [0.1, 0.15) is 16.9 Å². The molecule has 0 unspecified atom stereocenters. The molecule has 0 spiro atoms. The fourth-order valence-corrected chi connectivity index (χ4v) is 1.58. The topological polar surface area (TPSA) is 48.4 Å². The lowest BCUT2D eigenvalue weighted by Crippen LogP contribution is -1.94. The molecule has 0 amide bonds. The second kappa shape index (κ2) is 6.79. The van der Waals surface area contributed by atoms with Crippen LogP contribution in [-0.4, -0.2) is 6.61 Å². The Morgan fingerprint density at radius 2 is 2.06 bits per heavy atom. The molecule has 2 aromatic rings. The van der Waals surface area contributed by atoms with Crippen molar-refractivity contribution in [3.63, 3.8) is 0 Å². The highest BCUT2D eigenvalue weighted by Crippen LogP contribution is 2.08. The van der Waals surface area contributed by atoms with E-state index in [2.05, 4.69) is 12.1 Å². The van der Waals surface area contributed by atoms with Crippen molar-refractivity contribution in [1.29, 1.82) is 0 Å². The zero-order chi connectivity index (χ0) is 12.6. The molecule has 94 valence electrons. The second-order valence-corrected chi connectivity index (χ2v) is 3.95. The molecule has 0 saturated heterocycles. The minimum Gasteiger partial charge on any atom is -0.467 e. The van der Waals surface area contributed by atoms with Crippen LogP contribution < -0.4 is 5.73 Å². The van der Waals surface area contributed by atoms with E-state index >= 15 is 0 Å². The number of furan rings is 1. The number of nitrogens with two attached hydrogens (primary N) is 1. The van der Waals surface area contributed by atoms with Gasteiger partial charge < -0.3 is 14.9 Å². The minimum absolute atomic E-state index is 0.471. The minimum atomic E-state index is 0.471. The summed E-state index contributed by atoms with van der Waals surface area (Å²) in [4.78, 5) is 0. The normalized spacial score (nSPS) is 11.2. The van der Waals surface area contributed by atoms with E-state index in [0.717, 1.165) is 11.3 Å². The van der Waals surface area contributed by atoms with Gasteiger partial charge in [-0.2, -0.15) is 0 Å². The van der Waals surface area contributed by atoms with E-state index in [1.165, 1.54) is 5.56 Å². The summed E-state index contributed by atoms with van der Waals surface area (Å²) in [5.41, 5.74) is 7.66. The van der Waals surface area contributed by atoms with Crippen LogP contribution in [0, 0.1) is 0 Å². The summed E-state index contributed by atoms with van der Waals surface area (Å²) in [7, 11) is 0. The van der Waals surface area contributed by atoms with Gasteiger partial charge in [-0.3, -0.25) is 0 Å². The lowest BCUT2D eigenvalue weighted by Gasteiger charge is -1.97. The van der Waals surface area contributed by atoms with E-state index in [1.807, 2.05) is 36.4 Å². The van der Waals surface area contributed by atoms with Crippen LogP contribution in [0.4, 0.5) is 0 Å². The number of benzene rings is 1. The second-order valence-electron chi connectivity index (χ2n) is 3.95. The molecule has 3 nitrogen and oxygen atoms in total. The Morgan fingerprint density at radius 3 is 2.78 bits per heavy atom. The van der Waals surface area contributed by atoms with Crippen LogP contribution in [0.5, 0.6) is 0 Å². The lowest BCUT2D eigenvalue weighted by molar-refractivity contribution is 0.132. The van der Waals surface area contributed by atoms with Crippen molar-refractivity contribution < 1.29 is 9.15 Å². The fraction of sp³-hybridized carbons (Fsp3) is 0.200. The Labute approximate surface area is 107 Å². The Bertz CT molecular complexity index is 488. The molecule has 3 heteroatoms. The van der Waals surface area contributed by atoms with E-state index in [1.54, 1.807) is 6.26 Å². The molecule has 0 aliphatic carbocycles. The van der Waals surface area contributed by atoms with Crippen LogP contribution in [0.15, 0.2) is 53.2 Å². The van der Waals surface area contributed by atoms with E-state index < -0.39 is 0 Å². The molecule has 0 saturated carbocycles. The molecule has 2 rings (SSSR count). The van der Waals surface area contributed by atoms with Gasteiger partial charge in [-0.25, -0.2) is 0 Å². The molecule has 1 aromatic heterocycles. The van der Waals surface area contributed by atoms with Crippen LogP contribution >= 0.6 is 0 Å². The van der Waals surface area contributed by atoms with Gasteiger partial charge in [0.2, 0.25) is 0 Å². The molecule has 0 bridgehead atoms. The molecular weight excluding hydrogens is 226 g/mol. The highest BCUT2D eigenvalue weighted by molar-refractivity contribution is 5.48. The first-order valence-electron chi connectivity index (χ1n) is 5.94. The third-order valence-corrected chi connectivity index (χ3v) is 2.51. The van der Waals surface area contributed by atoms with Crippen molar-refractivity contribution >= 4 is 6.08 Å². The first-order chi connectivity index (χ1) is 8.88. The van der Waals surface area contributed by atoms with Crippen molar-refractivity contribution in [1.82, 2.24) is 0 Å². The average Bonchev–Trinajstić information content (AvgIpc) is 2.87. The Kier molecular flexibility index (Phi) is 4.76. The van der Waals surface area contributed by atoms with E-state index in [0.29, 0.717) is 19.8 Å². The van der Waals surface area contributed by atoms with Gasteiger partial charge in [0.05, 0.1) is 12.9 Å². The molecule has 18 heavy (non-hydrogen) atoms. The number of rotatable bonds is 6. The highest BCUT2D eigenvalue weighted by atomic mass is 16.5. The Hall–Kier alpha value is -1.84. The summed E-state index contributed by atoms with van der Waals surface area (Å²) in [6, 6.07) is 12.0. The smallest absolute Gasteiger partial charge is 0.129 e. The van der Waals surface area contributed by atoms with Crippen molar-refractivity contribution in [3.8, 4) is 0 Å². The molecule has 2 N–H and O–H groups in total. The first-order valence-corrected chi connectivity index (χ1v) is 5.94. The summed E-state index contributed by atoms with van der Waals surface area (Å²) in [5, 5.41) is 0. The predicted molar refractivity (Wildman–Crippen MR) is 71.7 cm³/mol. The maximum atomic E-state index is 5.49. The SMILES string of the molecule is NCc1coc(COC/C=C/c2ccccc2)c1. The standard InChI is InChI=1S/C15H17NO2/c16-10-14-9-15(18-11-14)12-17-8-4-7-13-5-2-1-3-6-13/h1-7,9,11H,8,10,12,16H2/b7-4+. The third kappa shape index (κ3) is 3.87. The zero-order valence-corrected chi connectivity index (χ0v) is 10.2. The van der Waals surface area contributed by atoms with Gasteiger partial charge in [-0.15, -0.1) is 0 Å². The van der Waals surface area contributed by atoms with Crippen molar-refractivity contribution in [2.75, 3.05) is 6.61 Å². The summed E-state index contributed by atoms with van der Waals surface area (Å²) in [6.45, 7) is 1.53. The lowest BCUT2D eigenvalue weighted by atomic mass is 10.2.